The molecule has 6 heterocycles. The van der Waals surface area contributed by atoms with Gasteiger partial charge in [-0.3, -0.25) is 14.0 Å². The first-order valence-corrected chi connectivity index (χ1v) is 15.8. The molecule has 5 aromatic rings. The normalized spacial score (nSPS) is 19.9. The van der Waals surface area contributed by atoms with E-state index in [1.807, 2.05) is 11.0 Å². The van der Waals surface area contributed by atoms with Gasteiger partial charge in [0.05, 0.1) is 12.0 Å². The molecule has 0 bridgehead atoms. The highest BCUT2D eigenvalue weighted by Gasteiger charge is 2.26. The highest BCUT2D eigenvalue weighted by atomic mass is 32.2. The van der Waals surface area contributed by atoms with Gasteiger partial charge in [-0.1, -0.05) is 11.2 Å². The summed E-state index contributed by atoms with van der Waals surface area (Å²) in [5.41, 5.74) is 7.97. The van der Waals surface area contributed by atoms with Crippen LogP contribution in [0.2, 0.25) is 0 Å². The predicted octanol–water partition coefficient (Wildman–Crippen LogP) is 1.87. The first kappa shape index (κ1) is 27.7. The molecule has 0 atom stereocenters. The van der Waals surface area contributed by atoms with Crippen LogP contribution >= 0.6 is 0 Å². The van der Waals surface area contributed by atoms with Gasteiger partial charge in [0.15, 0.2) is 17.1 Å². The number of aromatic nitrogens is 6. The van der Waals surface area contributed by atoms with E-state index >= 15 is 4.39 Å². The second-order valence-electron chi connectivity index (χ2n) is 10.9. The van der Waals surface area contributed by atoms with Gasteiger partial charge >= 0.3 is 5.69 Å². The van der Waals surface area contributed by atoms with Crippen molar-refractivity contribution in [2.75, 3.05) is 54.9 Å². The topological polar surface area (TPSA) is 148 Å². The minimum Gasteiger partial charge on any atom is -0.616 e. The second-order valence-corrected chi connectivity index (χ2v) is 12.6. The Kier molecular flexibility index (Phi) is 7.23. The number of hydrogen-bond donors (Lipinski definition) is 1. The number of halogens is 1. The Morgan fingerprint density at radius 1 is 1.12 bits per heavy atom. The molecule has 13 nitrogen and oxygen atoms in total. The summed E-state index contributed by atoms with van der Waals surface area (Å²) in [5, 5.41) is 4.42. The first-order valence-electron chi connectivity index (χ1n) is 14.3. The van der Waals surface area contributed by atoms with Crippen LogP contribution < -0.4 is 21.1 Å². The number of rotatable bonds is 7. The number of nitrogens with zero attached hydrogens (tertiary/aromatic N) is 8. The van der Waals surface area contributed by atoms with E-state index in [1.54, 1.807) is 29.8 Å². The largest absolute Gasteiger partial charge is 0.616 e. The Balaban J connectivity index is 1.02. The summed E-state index contributed by atoms with van der Waals surface area (Å²) in [6, 6.07) is 8.53. The Bertz CT molecular complexity index is 1820. The molecule has 0 unspecified atom stereocenters. The molecule has 43 heavy (non-hydrogen) atoms. The van der Waals surface area contributed by atoms with Crippen LogP contribution in [0, 0.1) is 5.82 Å². The third kappa shape index (κ3) is 5.21. The molecule has 1 aromatic carbocycles. The maximum atomic E-state index is 15.1. The van der Waals surface area contributed by atoms with Crippen LogP contribution in [0.1, 0.15) is 12.8 Å². The van der Waals surface area contributed by atoms with Crippen LogP contribution in [0.4, 0.5) is 16.0 Å². The third-order valence-electron chi connectivity index (χ3n) is 8.23. The number of piperazine rings is 1. The van der Waals surface area contributed by atoms with Crippen molar-refractivity contribution in [3.05, 3.63) is 52.9 Å². The van der Waals surface area contributed by atoms with Gasteiger partial charge in [-0.2, -0.15) is 9.50 Å². The van der Waals surface area contributed by atoms with E-state index < -0.39 is 11.2 Å². The van der Waals surface area contributed by atoms with Crippen LogP contribution in [-0.2, 0) is 24.8 Å². The van der Waals surface area contributed by atoms with Crippen molar-refractivity contribution in [1.29, 1.82) is 0 Å². The summed E-state index contributed by atoms with van der Waals surface area (Å²) < 4.78 is 42.6. The van der Waals surface area contributed by atoms with Gasteiger partial charge < -0.3 is 24.3 Å². The quantitative estimate of drug-likeness (QED) is 0.271. The van der Waals surface area contributed by atoms with E-state index in [2.05, 4.69) is 20.0 Å². The number of hydrogen-bond acceptors (Lipinski definition) is 10. The van der Waals surface area contributed by atoms with Crippen molar-refractivity contribution in [3.63, 3.8) is 0 Å². The van der Waals surface area contributed by atoms with Gasteiger partial charge in [-0.15, -0.1) is 5.10 Å². The van der Waals surface area contributed by atoms with Gasteiger partial charge in [0.1, 0.15) is 34.7 Å². The molecule has 15 heteroatoms. The van der Waals surface area contributed by atoms with E-state index in [-0.39, 0.29) is 23.6 Å². The zero-order valence-electron chi connectivity index (χ0n) is 23.7. The summed E-state index contributed by atoms with van der Waals surface area (Å²) in [5.74, 6) is 2.42. The maximum absolute atomic E-state index is 15.1. The van der Waals surface area contributed by atoms with Gasteiger partial charge in [-0.05, 0) is 24.3 Å². The summed E-state index contributed by atoms with van der Waals surface area (Å²) in [6.45, 7) is 3.76. The van der Waals surface area contributed by atoms with Crippen molar-refractivity contribution >= 4 is 39.6 Å². The summed E-state index contributed by atoms with van der Waals surface area (Å²) in [4.78, 5) is 26.7. The molecule has 226 valence electrons. The maximum Gasteiger partial charge on any atom is 0.330 e. The van der Waals surface area contributed by atoms with E-state index in [1.165, 1.54) is 21.4 Å². The molecule has 4 aromatic heterocycles. The molecule has 2 N–H and O–H groups in total. The third-order valence-corrected chi connectivity index (χ3v) is 9.61. The van der Waals surface area contributed by atoms with Crippen molar-refractivity contribution in [2.24, 2.45) is 7.05 Å². The van der Waals surface area contributed by atoms with Gasteiger partial charge in [-0.25, -0.2) is 14.2 Å². The Hall–Kier alpha value is -4.08. The van der Waals surface area contributed by atoms with Gasteiger partial charge in [0.2, 0.25) is 11.8 Å². The number of fused-ring (bicyclic) bond motifs is 3. The number of nitrogen functional groups attached to an aromatic ring is 1. The highest BCUT2D eigenvalue weighted by molar-refractivity contribution is 7.91. The lowest BCUT2D eigenvalue weighted by Gasteiger charge is -2.36. The van der Waals surface area contributed by atoms with Crippen LogP contribution in [0.5, 0.6) is 5.75 Å². The first-order chi connectivity index (χ1) is 20.9. The van der Waals surface area contributed by atoms with Crippen molar-refractivity contribution < 1.29 is 18.1 Å². The second kappa shape index (κ2) is 11.2. The standard InChI is InChI=1S/C28H32FN9O4S/c1-34-23-25(32-27(30)38-26(23)31-24(33-38)22-3-2-14-41-22)37(28(34)39)13-10-35-8-11-36(12-9-35)21-5-4-19(17-20(21)29)42-18-6-15-43(40)16-7-18/h2-5,14,17-18H,6-13,15-16H2,1H3,(H2,30,32)/t18-,43+. The molecule has 0 radical (unpaired) electrons. The summed E-state index contributed by atoms with van der Waals surface area (Å²) >= 11 is -0.762. The molecule has 2 aliphatic rings. The Morgan fingerprint density at radius 3 is 2.63 bits per heavy atom. The minimum absolute atomic E-state index is 0.0195. The number of anilines is 2. The van der Waals surface area contributed by atoms with Gasteiger partial charge in [0, 0.05) is 65.2 Å². The fourth-order valence-corrected chi connectivity index (χ4v) is 7.11. The van der Waals surface area contributed by atoms with Crippen molar-refractivity contribution in [3.8, 4) is 17.3 Å². The molecular weight excluding hydrogens is 577 g/mol. The molecule has 2 saturated heterocycles. The molecule has 0 amide bonds. The Labute approximate surface area is 248 Å². The molecule has 0 spiro atoms. The van der Waals surface area contributed by atoms with Gasteiger partial charge in [0.25, 0.3) is 0 Å². The van der Waals surface area contributed by atoms with E-state index in [9.17, 15) is 9.35 Å². The minimum atomic E-state index is -0.762. The fourth-order valence-electron chi connectivity index (χ4n) is 5.85. The molecule has 7 rings (SSSR count). The Morgan fingerprint density at radius 2 is 1.91 bits per heavy atom. The summed E-state index contributed by atoms with van der Waals surface area (Å²) in [7, 11) is 1.68. The molecule has 2 aliphatic heterocycles. The molecular formula is C28H32FN9O4S. The molecule has 0 aliphatic carbocycles. The zero-order valence-corrected chi connectivity index (χ0v) is 24.5. The number of furan rings is 1. The smallest absolute Gasteiger partial charge is 0.330 e. The van der Waals surface area contributed by atoms with Crippen LogP contribution in [0.25, 0.3) is 28.4 Å². The van der Waals surface area contributed by atoms with Crippen LogP contribution in [0.3, 0.4) is 0 Å². The lowest BCUT2D eigenvalue weighted by atomic mass is 10.2. The average molecular weight is 610 g/mol. The summed E-state index contributed by atoms with van der Waals surface area (Å²) in [6.07, 6.45) is 2.97. The SMILES string of the molecule is Cn1c(=O)n(CCN2CCN(c3ccc(O[C@H]4CC[S@@+]([O-])CC4)cc3F)CC2)c2nc(N)n3nc(-c4ccco4)nc3c21. The highest BCUT2D eigenvalue weighted by Crippen LogP contribution is 2.28. The zero-order chi connectivity index (χ0) is 29.7. The van der Waals surface area contributed by atoms with E-state index in [0.29, 0.717) is 90.6 Å². The van der Waals surface area contributed by atoms with Crippen molar-refractivity contribution in [1.82, 2.24) is 33.6 Å². The fraction of sp³-hybridized carbons (Fsp3) is 0.429. The number of ether oxygens (including phenoxy) is 1. The van der Waals surface area contributed by atoms with Crippen molar-refractivity contribution in [2.45, 2.75) is 25.5 Å². The molecule has 2 fully saturated rings. The van der Waals surface area contributed by atoms with Crippen LogP contribution in [0.15, 0.2) is 45.8 Å². The average Bonchev–Trinajstić information content (AvgIpc) is 3.74. The number of imidazole rings is 1. The number of benzene rings is 1. The lowest BCUT2D eigenvalue weighted by molar-refractivity contribution is 0.189. The van der Waals surface area contributed by atoms with E-state index in [0.717, 1.165) is 12.8 Å². The lowest BCUT2D eigenvalue weighted by Crippen LogP contribution is -2.47. The van der Waals surface area contributed by atoms with E-state index in [4.69, 9.17) is 14.9 Å². The monoisotopic (exact) mass is 609 g/mol. The predicted molar refractivity (Wildman–Crippen MR) is 160 cm³/mol. The molecule has 0 saturated carbocycles. The number of aryl methyl sites for hydroxylation is 1. The van der Waals surface area contributed by atoms with Crippen LogP contribution in [-0.4, -0.2) is 88.5 Å². The number of nitrogens with two attached hydrogens (primary N) is 1.